The highest BCUT2D eigenvalue weighted by molar-refractivity contribution is 7.88. The van der Waals surface area contributed by atoms with Gasteiger partial charge in [-0.25, -0.2) is 8.70 Å². The summed E-state index contributed by atoms with van der Waals surface area (Å²) in [6.07, 6.45) is 1.62. The molecule has 27 heavy (non-hydrogen) atoms. The smallest absolute Gasteiger partial charge is 0.321 e. The van der Waals surface area contributed by atoms with E-state index in [2.05, 4.69) is 9.71 Å². The van der Waals surface area contributed by atoms with Gasteiger partial charge in [-0.1, -0.05) is 17.7 Å². The Morgan fingerprint density at radius 2 is 2.15 bits per heavy atom. The van der Waals surface area contributed by atoms with Gasteiger partial charge in [0, 0.05) is 5.69 Å². The number of carbonyl (C=O) groups is 2. The van der Waals surface area contributed by atoms with Crippen molar-refractivity contribution in [3.8, 4) is 0 Å². The van der Waals surface area contributed by atoms with Crippen LogP contribution in [0.5, 0.6) is 0 Å². The molecule has 11 heteroatoms. The molecule has 0 aliphatic carbocycles. The van der Waals surface area contributed by atoms with Crippen LogP contribution in [0.25, 0.3) is 0 Å². The number of allylic oxidation sites excluding steroid dienone is 1. The summed E-state index contributed by atoms with van der Waals surface area (Å²) in [5, 5.41) is 3.97. The summed E-state index contributed by atoms with van der Waals surface area (Å²) in [4.78, 5) is 24.1. The Balaban J connectivity index is 2.00. The number of benzene rings is 1. The molecule has 1 aliphatic rings. The van der Waals surface area contributed by atoms with Gasteiger partial charge in [-0.05, 0) is 35.7 Å². The molecule has 7 nitrogen and oxygen atoms in total. The van der Waals surface area contributed by atoms with Gasteiger partial charge in [0.25, 0.3) is 5.91 Å². The zero-order valence-electron chi connectivity index (χ0n) is 13.4. The molecule has 2 aromatic rings. The van der Waals surface area contributed by atoms with Crippen molar-refractivity contribution >= 4 is 56.7 Å². The highest BCUT2D eigenvalue weighted by atomic mass is 35.5. The van der Waals surface area contributed by atoms with Crippen LogP contribution in [0.2, 0.25) is 5.02 Å². The van der Waals surface area contributed by atoms with Crippen LogP contribution in [0, 0.1) is 5.82 Å². The van der Waals surface area contributed by atoms with E-state index in [4.69, 9.17) is 11.6 Å². The molecule has 0 radical (unpaired) electrons. The molecular weight excluding hydrogens is 417 g/mol. The van der Waals surface area contributed by atoms with Crippen molar-refractivity contribution in [1.82, 2.24) is 4.31 Å². The summed E-state index contributed by atoms with van der Waals surface area (Å²) in [5.74, 6) is -1.48. The number of amides is 1. The second-order valence-corrected chi connectivity index (χ2v) is 8.12. The summed E-state index contributed by atoms with van der Waals surface area (Å²) in [7, 11) is -4.28. The van der Waals surface area contributed by atoms with E-state index >= 15 is 0 Å². The summed E-state index contributed by atoms with van der Waals surface area (Å²) in [6.45, 7) is -0.576. The number of anilines is 1. The molecule has 1 aromatic heterocycles. The molecule has 0 unspecified atom stereocenters. The van der Waals surface area contributed by atoms with Crippen molar-refractivity contribution in [3.05, 3.63) is 63.2 Å². The van der Waals surface area contributed by atoms with Gasteiger partial charge in [-0.2, -0.15) is 8.42 Å². The zero-order valence-corrected chi connectivity index (χ0v) is 15.8. The first-order valence-electron chi connectivity index (χ1n) is 7.40. The minimum Gasteiger partial charge on any atom is -0.321 e. The van der Waals surface area contributed by atoms with Crippen molar-refractivity contribution in [2.75, 3.05) is 11.9 Å². The van der Waals surface area contributed by atoms with Crippen LogP contribution >= 0.6 is 22.9 Å². The molecule has 140 valence electrons. The number of thiophene rings is 1. The number of aldehydes is 1. The molecule has 3 rings (SSSR count). The average molecular weight is 428 g/mol. The van der Waals surface area contributed by atoms with E-state index in [0.29, 0.717) is 15.5 Å². The SMILES string of the molecule is O=CCN1C(C(=O)Nc2ccc(F)c(Cl)c2)=CC(c2cccs2)=NS1(=O)=O. The predicted octanol–water partition coefficient (Wildman–Crippen LogP) is 2.61. The molecule has 1 amide bonds. The van der Waals surface area contributed by atoms with E-state index in [1.165, 1.54) is 29.5 Å². The largest absolute Gasteiger partial charge is 0.345 e. The average Bonchev–Trinajstić information content (AvgIpc) is 3.14. The second kappa shape index (κ2) is 7.59. The fourth-order valence-electron chi connectivity index (χ4n) is 2.27. The molecule has 0 saturated carbocycles. The van der Waals surface area contributed by atoms with E-state index in [-0.39, 0.29) is 22.1 Å². The van der Waals surface area contributed by atoms with Crippen molar-refractivity contribution in [2.24, 2.45) is 4.40 Å². The molecule has 0 atom stereocenters. The lowest BCUT2D eigenvalue weighted by Gasteiger charge is -2.25. The zero-order chi connectivity index (χ0) is 19.6. The number of hydrogen-bond donors (Lipinski definition) is 1. The summed E-state index contributed by atoms with van der Waals surface area (Å²) in [6, 6.07) is 6.88. The molecule has 2 heterocycles. The Kier molecular flexibility index (Phi) is 5.40. The maximum atomic E-state index is 13.3. The first kappa shape index (κ1) is 19.2. The summed E-state index contributed by atoms with van der Waals surface area (Å²) >= 11 is 6.93. The summed E-state index contributed by atoms with van der Waals surface area (Å²) in [5.41, 5.74) is -0.0497. The minimum absolute atomic E-state index is 0.0782. The van der Waals surface area contributed by atoms with Gasteiger partial charge in [-0.15, -0.1) is 15.7 Å². The van der Waals surface area contributed by atoms with Crippen LogP contribution in [0.1, 0.15) is 4.88 Å². The molecule has 0 saturated heterocycles. The third-order valence-electron chi connectivity index (χ3n) is 3.46. The lowest BCUT2D eigenvalue weighted by atomic mass is 10.2. The molecule has 1 N–H and O–H groups in total. The minimum atomic E-state index is -4.28. The maximum absolute atomic E-state index is 13.3. The normalized spacial score (nSPS) is 15.7. The van der Waals surface area contributed by atoms with Crippen molar-refractivity contribution in [3.63, 3.8) is 0 Å². The van der Waals surface area contributed by atoms with Crippen LogP contribution in [-0.2, 0) is 19.8 Å². The topological polar surface area (TPSA) is 95.9 Å². The van der Waals surface area contributed by atoms with Gasteiger partial charge in [0.1, 0.15) is 17.8 Å². The van der Waals surface area contributed by atoms with Crippen LogP contribution in [-0.4, -0.2) is 37.2 Å². The van der Waals surface area contributed by atoms with Crippen LogP contribution in [0.3, 0.4) is 0 Å². The number of hydrogen-bond acceptors (Lipinski definition) is 5. The Morgan fingerprint density at radius 3 is 2.78 bits per heavy atom. The maximum Gasteiger partial charge on any atom is 0.345 e. The number of halogens is 2. The number of rotatable bonds is 5. The van der Waals surface area contributed by atoms with E-state index in [1.807, 2.05) is 0 Å². The van der Waals surface area contributed by atoms with Crippen molar-refractivity contribution in [2.45, 2.75) is 0 Å². The van der Waals surface area contributed by atoms with Gasteiger partial charge < -0.3 is 10.1 Å². The molecular formula is C16H11ClFN3O4S2. The van der Waals surface area contributed by atoms with Gasteiger partial charge in [0.15, 0.2) is 0 Å². The molecule has 0 fully saturated rings. The molecule has 0 bridgehead atoms. The highest BCUT2D eigenvalue weighted by Crippen LogP contribution is 2.25. The quantitative estimate of drug-likeness (QED) is 0.742. The molecule has 1 aromatic carbocycles. The lowest BCUT2D eigenvalue weighted by molar-refractivity contribution is -0.114. The monoisotopic (exact) mass is 427 g/mol. The van der Waals surface area contributed by atoms with E-state index in [1.54, 1.807) is 17.5 Å². The highest BCUT2D eigenvalue weighted by Gasteiger charge is 2.33. The van der Waals surface area contributed by atoms with E-state index in [9.17, 15) is 22.4 Å². The predicted molar refractivity (Wildman–Crippen MR) is 101 cm³/mol. The molecule has 0 spiro atoms. The Bertz CT molecular complexity index is 1070. The standard InChI is InChI=1S/C16H11ClFN3O4S2/c17-11-8-10(3-4-12(11)18)19-16(23)14-9-13(15-2-1-7-26-15)20-27(24,25)21(14)5-6-22/h1-4,6-9H,5H2,(H,19,23). The van der Waals surface area contributed by atoms with E-state index < -0.39 is 28.5 Å². The Hall–Kier alpha value is -2.56. The number of nitrogens with one attached hydrogen (secondary N) is 1. The van der Waals surface area contributed by atoms with Crippen LogP contribution in [0.15, 0.2) is 51.9 Å². The first-order valence-corrected chi connectivity index (χ1v) is 10.1. The third-order valence-corrected chi connectivity index (χ3v) is 5.97. The molecule has 1 aliphatic heterocycles. The summed E-state index contributed by atoms with van der Waals surface area (Å²) < 4.78 is 42.4. The second-order valence-electron chi connectivity index (χ2n) is 5.24. The first-order chi connectivity index (χ1) is 12.8. The van der Waals surface area contributed by atoms with E-state index in [0.717, 1.165) is 6.07 Å². The Labute approximate surface area is 163 Å². The lowest BCUT2D eigenvalue weighted by Crippen LogP contribution is -2.39. The van der Waals surface area contributed by atoms with Crippen molar-refractivity contribution in [1.29, 1.82) is 0 Å². The number of carbonyl (C=O) groups excluding carboxylic acids is 2. The van der Waals surface area contributed by atoms with Gasteiger partial charge in [-0.3, -0.25) is 4.79 Å². The fourth-order valence-corrected chi connectivity index (χ4v) is 4.33. The third kappa shape index (κ3) is 4.07. The number of nitrogens with zero attached hydrogens (tertiary/aromatic N) is 2. The van der Waals surface area contributed by atoms with Gasteiger partial charge in [0.2, 0.25) is 0 Å². The van der Waals surface area contributed by atoms with Gasteiger partial charge >= 0.3 is 10.2 Å². The Morgan fingerprint density at radius 1 is 1.37 bits per heavy atom. The fraction of sp³-hybridized carbons (Fsp3) is 0.0625. The van der Waals surface area contributed by atoms with Crippen molar-refractivity contribution < 1.29 is 22.4 Å². The van der Waals surface area contributed by atoms with Crippen LogP contribution in [0.4, 0.5) is 10.1 Å². The van der Waals surface area contributed by atoms with Gasteiger partial charge in [0.05, 0.1) is 22.2 Å². The van der Waals surface area contributed by atoms with Crippen LogP contribution < -0.4 is 5.32 Å².